The van der Waals surface area contributed by atoms with Crippen molar-refractivity contribution < 1.29 is 9.18 Å². The molecule has 1 atom stereocenters. The Labute approximate surface area is 196 Å². The van der Waals surface area contributed by atoms with Crippen molar-refractivity contribution in [2.75, 3.05) is 25.5 Å². The molecule has 1 saturated heterocycles. The first-order chi connectivity index (χ1) is 15.8. The van der Waals surface area contributed by atoms with Crippen LogP contribution in [0.2, 0.25) is 0 Å². The molecule has 6 heteroatoms. The number of likely N-dealkylation sites (tertiary alicyclic amines) is 1. The van der Waals surface area contributed by atoms with Crippen molar-refractivity contribution >= 4 is 22.5 Å². The van der Waals surface area contributed by atoms with Gasteiger partial charge in [-0.3, -0.25) is 4.79 Å². The Hall–Kier alpha value is -2.86. The van der Waals surface area contributed by atoms with Crippen molar-refractivity contribution in [3.63, 3.8) is 0 Å². The molecule has 0 aliphatic carbocycles. The van der Waals surface area contributed by atoms with E-state index < -0.39 is 0 Å². The van der Waals surface area contributed by atoms with Gasteiger partial charge in [0.25, 0.3) is 5.91 Å². The predicted molar refractivity (Wildman–Crippen MR) is 134 cm³/mol. The van der Waals surface area contributed by atoms with Crippen LogP contribution >= 0.6 is 0 Å². The minimum atomic E-state index is -0.222. The zero-order valence-electron chi connectivity index (χ0n) is 20.4. The molecule has 5 nitrogen and oxygen atoms in total. The first kappa shape index (κ1) is 23.3. The summed E-state index contributed by atoms with van der Waals surface area (Å²) in [5, 5.41) is 7.99. The number of anilines is 1. The van der Waals surface area contributed by atoms with E-state index in [2.05, 4.69) is 42.0 Å². The summed E-state index contributed by atoms with van der Waals surface area (Å²) in [6.45, 7) is 11.4. The zero-order valence-corrected chi connectivity index (χ0v) is 20.4. The van der Waals surface area contributed by atoms with Crippen LogP contribution in [0.15, 0.2) is 30.3 Å². The summed E-state index contributed by atoms with van der Waals surface area (Å²) in [6.07, 6.45) is 2.00. The Morgan fingerprint density at radius 3 is 2.64 bits per heavy atom. The Bertz CT molecular complexity index is 1180. The Morgan fingerprint density at radius 1 is 1.18 bits per heavy atom. The second-order valence-corrected chi connectivity index (χ2v) is 9.23. The summed E-state index contributed by atoms with van der Waals surface area (Å²) in [7, 11) is 1.95. The number of benzene rings is 2. The van der Waals surface area contributed by atoms with Crippen LogP contribution in [0.25, 0.3) is 10.9 Å². The lowest BCUT2D eigenvalue weighted by molar-refractivity contribution is 0.0790. The van der Waals surface area contributed by atoms with Crippen molar-refractivity contribution in [3.05, 3.63) is 64.1 Å². The van der Waals surface area contributed by atoms with Crippen molar-refractivity contribution in [1.29, 1.82) is 0 Å². The molecule has 0 saturated carbocycles. The van der Waals surface area contributed by atoms with Crippen molar-refractivity contribution in [2.24, 2.45) is 0 Å². The number of nitrogens with zero attached hydrogens (tertiary/aromatic N) is 2. The number of amides is 1. The van der Waals surface area contributed by atoms with Gasteiger partial charge >= 0.3 is 0 Å². The van der Waals surface area contributed by atoms with Gasteiger partial charge in [-0.25, -0.2) is 4.39 Å². The summed E-state index contributed by atoms with van der Waals surface area (Å²) < 4.78 is 15.9. The van der Waals surface area contributed by atoms with Crippen LogP contribution in [0.5, 0.6) is 0 Å². The third-order valence-electron chi connectivity index (χ3n) is 7.08. The third kappa shape index (κ3) is 4.49. The number of hydrogen-bond donors (Lipinski definition) is 2. The van der Waals surface area contributed by atoms with Crippen molar-refractivity contribution in [3.8, 4) is 0 Å². The highest BCUT2D eigenvalue weighted by Gasteiger charge is 2.27. The fourth-order valence-electron chi connectivity index (χ4n) is 4.95. The molecule has 4 rings (SSSR count). The van der Waals surface area contributed by atoms with E-state index in [1.54, 1.807) is 6.07 Å². The highest BCUT2D eigenvalue weighted by molar-refractivity contribution is 6.04. The van der Waals surface area contributed by atoms with Gasteiger partial charge in [-0.2, -0.15) is 0 Å². The summed E-state index contributed by atoms with van der Waals surface area (Å²) in [5.41, 5.74) is 7.20. The number of aryl methyl sites for hydroxylation is 3. The van der Waals surface area contributed by atoms with Gasteiger partial charge in [0.05, 0.1) is 11.2 Å². The van der Waals surface area contributed by atoms with Gasteiger partial charge < -0.3 is 20.1 Å². The Balaban J connectivity index is 1.76. The molecule has 0 spiro atoms. The van der Waals surface area contributed by atoms with Gasteiger partial charge in [0, 0.05) is 48.9 Å². The van der Waals surface area contributed by atoms with E-state index in [0.29, 0.717) is 18.2 Å². The molecule has 3 aromatic rings. The van der Waals surface area contributed by atoms with Gasteiger partial charge in [-0.05, 0) is 81.6 Å². The molecule has 1 amide bonds. The van der Waals surface area contributed by atoms with Gasteiger partial charge in [0.15, 0.2) is 0 Å². The Kier molecular flexibility index (Phi) is 6.75. The summed E-state index contributed by atoms with van der Waals surface area (Å²) in [5.74, 6) is -0.143. The minimum Gasteiger partial charge on any atom is -0.379 e. The molecular formula is C27H35FN4O. The summed E-state index contributed by atoms with van der Waals surface area (Å²) in [4.78, 5) is 15.4. The molecule has 2 heterocycles. The molecule has 1 unspecified atom stereocenters. The highest BCUT2D eigenvalue weighted by Crippen LogP contribution is 2.34. The molecule has 0 radical (unpaired) electrons. The molecule has 1 aliphatic rings. The largest absolute Gasteiger partial charge is 0.379 e. The summed E-state index contributed by atoms with van der Waals surface area (Å²) >= 11 is 0. The fourth-order valence-corrected chi connectivity index (χ4v) is 4.95. The topological polar surface area (TPSA) is 49.3 Å². The molecule has 2 aromatic carbocycles. The second kappa shape index (κ2) is 9.56. The second-order valence-electron chi connectivity index (χ2n) is 9.23. The molecule has 176 valence electrons. The molecule has 2 N–H and O–H groups in total. The molecule has 1 fully saturated rings. The van der Waals surface area contributed by atoms with E-state index in [1.807, 2.05) is 31.0 Å². The SMILES string of the molecule is CCCn1c(C)c(C)c2cc(C(=O)N3CCC(NC)C3)cc(NCc3ccc(F)cc3C)c21. The number of halogens is 1. The number of rotatable bonds is 7. The lowest BCUT2D eigenvalue weighted by atomic mass is 10.1. The van der Waals surface area contributed by atoms with E-state index >= 15 is 0 Å². The maximum absolute atomic E-state index is 13.6. The maximum atomic E-state index is 13.6. The van der Waals surface area contributed by atoms with Crippen LogP contribution in [0.3, 0.4) is 0 Å². The van der Waals surface area contributed by atoms with Gasteiger partial charge in [-0.15, -0.1) is 0 Å². The molecule has 0 bridgehead atoms. The standard InChI is InChI=1S/C27H35FN4O/c1-6-10-32-19(4)18(3)24-13-21(27(33)31-11-9-23(16-31)29-5)14-25(26(24)32)30-15-20-7-8-22(28)12-17(20)2/h7-8,12-14,23,29-30H,6,9-11,15-16H2,1-5H3. The maximum Gasteiger partial charge on any atom is 0.254 e. The highest BCUT2D eigenvalue weighted by atomic mass is 19.1. The van der Waals surface area contributed by atoms with Crippen LogP contribution in [0, 0.1) is 26.6 Å². The Morgan fingerprint density at radius 2 is 1.97 bits per heavy atom. The quantitative estimate of drug-likeness (QED) is 0.523. The number of carbonyl (C=O) groups is 1. The molecule has 1 aromatic heterocycles. The first-order valence-electron chi connectivity index (χ1n) is 11.9. The van der Waals surface area contributed by atoms with Gasteiger partial charge in [0.2, 0.25) is 0 Å². The molecule has 1 aliphatic heterocycles. The lowest BCUT2D eigenvalue weighted by Gasteiger charge is -2.19. The normalized spacial score (nSPS) is 16.1. The first-order valence-corrected chi connectivity index (χ1v) is 11.9. The number of nitrogens with one attached hydrogen (secondary N) is 2. The minimum absolute atomic E-state index is 0.0796. The number of carbonyl (C=O) groups excluding carboxylic acids is 1. The third-order valence-corrected chi connectivity index (χ3v) is 7.08. The van der Waals surface area contributed by atoms with E-state index in [4.69, 9.17) is 0 Å². The van der Waals surface area contributed by atoms with Crippen LogP contribution in [0.4, 0.5) is 10.1 Å². The zero-order chi connectivity index (χ0) is 23.7. The number of fused-ring (bicyclic) bond motifs is 1. The number of aromatic nitrogens is 1. The van der Waals surface area contributed by atoms with E-state index in [0.717, 1.165) is 60.2 Å². The number of likely N-dealkylation sites (N-methyl/N-ethyl adjacent to an activating group) is 1. The smallest absolute Gasteiger partial charge is 0.254 e. The lowest BCUT2D eigenvalue weighted by Crippen LogP contribution is -2.33. The van der Waals surface area contributed by atoms with Crippen molar-refractivity contribution in [2.45, 2.75) is 59.7 Å². The van der Waals surface area contributed by atoms with E-state index in [-0.39, 0.29) is 11.7 Å². The van der Waals surface area contributed by atoms with Crippen LogP contribution in [-0.2, 0) is 13.1 Å². The van der Waals surface area contributed by atoms with E-state index in [1.165, 1.54) is 17.3 Å². The number of hydrogen-bond acceptors (Lipinski definition) is 3. The van der Waals surface area contributed by atoms with Gasteiger partial charge in [0.1, 0.15) is 5.82 Å². The monoisotopic (exact) mass is 450 g/mol. The predicted octanol–water partition coefficient (Wildman–Crippen LogP) is 5.16. The van der Waals surface area contributed by atoms with Crippen LogP contribution < -0.4 is 10.6 Å². The molecular weight excluding hydrogens is 415 g/mol. The fraction of sp³-hybridized carbons (Fsp3) is 0.444. The average Bonchev–Trinajstić information content (AvgIpc) is 3.37. The summed E-state index contributed by atoms with van der Waals surface area (Å²) in [6, 6.07) is 9.30. The van der Waals surface area contributed by atoms with E-state index in [9.17, 15) is 9.18 Å². The van der Waals surface area contributed by atoms with Crippen molar-refractivity contribution in [1.82, 2.24) is 14.8 Å². The van der Waals surface area contributed by atoms with Crippen LogP contribution in [-0.4, -0.2) is 41.6 Å². The average molecular weight is 451 g/mol. The van der Waals surface area contributed by atoms with Crippen LogP contribution in [0.1, 0.15) is 52.5 Å². The van der Waals surface area contributed by atoms with Gasteiger partial charge in [-0.1, -0.05) is 13.0 Å². The molecule has 33 heavy (non-hydrogen) atoms.